The number of halogens is 1. The topological polar surface area (TPSA) is 86.2 Å². The Morgan fingerprint density at radius 3 is 2.42 bits per heavy atom. The van der Waals surface area contributed by atoms with E-state index in [0.717, 1.165) is 14.6 Å². The summed E-state index contributed by atoms with van der Waals surface area (Å²) in [6, 6.07) is 7.63. The molecule has 0 aliphatic heterocycles. The summed E-state index contributed by atoms with van der Waals surface area (Å²) >= 11 is 3.39. The predicted octanol–water partition coefficient (Wildman–Crippen LogP) is 2.22. The van der Waals surface area contributed by atoms with E-state index < -0.39 is 5.69 Å². The molecule has 0 spiro atoms. The summed E-state index contributed by atoms with van der Waals surface area (Å²) in [5, 5.41) is 4.21. The van der Waals surface area contributed by atoms with Crippen LogP contribution in [-0.2, 0) is 14.1 Å². The molecule has 0 atom stereocenters. The second kappa shape index (κ2) is 6.91. The number of aromatic nitrogens is 4. The first-order chi connectivity index (χ1) is 12.3. The number of hydrazone groups is 1. The molecule has 9 heteroatoms. The summed E-state index contributed by atoms with van der Waals surface area (Å²) in [4.78, 5) is 29.2. The van der Waals surface area contributed by atoms with Crippen LogP contribution < -0.4 is 16.7 Å². The van der Waals surface area contributed by atoms with Gasteiger partial charge in [-0.25, -0.2) is 10.2 Å². The summed E-state index contributed by atoms with van der Waals surface area (Å²) in [5.41, 5.74) is 3.70. The first-order valence-corrected chi connectivity index (χ1v) is 8.83. The lowest BCUT2D eigenvalue weighted by atomic mass is 10.2. The zero-order chi connectivity index (χ0) is 19.0. The molecule has 0 aliphatic carbocycles. The maximum absolute atomic E-state index is 12.6. The molecule has 26 heavy (non-hydrogen) atoms. The van der Waals surface area contributed by atoms with E-state index in [9.17, 15) is 9.59 Å². The maximum Gasteiger partial charge on any atom is 0.332 e. The maximum atomic E-state index is 12.6. The number of hydrogen-bond donors (Lipinski definition) is 1. The molecule has 3 rings (SSSR count). The van der Waals surface area contributed by atoms with Gasteiger partial charge in [-0.3, -0.25) is 13.9 Å². The fraction of sp³-hybridized carbons (Fsp3) is 0.294. The zero-order valence-electron chi connectivity index (χ0n) is 14.9. The third kappa shape index (κ3) is 3.10. The van der Waals surface area contributed by atoms with E-state index in [1.54, 1.807) is 17.8 Å². The highest BCUT2D eigenvalue weighted by atomic mass is 79.9. The van der Waals surface area contributed by atoms with Crippen molar-refractivity contribution in [2.45, 2.75) is 19.9 Å². The number of imidazole rings is 1. The van der Waals surface area contributed by atoms with Crippen molar-refractivity contribution in [3.05, 3.63) is 55.1 Å². The molecule has 136 valence electrons. The number of nitrogens with one attached hydrogen (secondary N) is 1. The Morgan fingerprint density at radius 2 is 1.81 bits per heavy atom. The molecule has 0 radical (unpaired) electrons. The molecule has 0 amide bonds. The molecule has 1 N–H and O–H groups in total. The number of fused-ring (bicyclic) bond motifs is 1. The Hall–Kier alpha value is -2.68. The number of benzene rings is 1. The van der Waals surface area contributed by atoms with E-state index in [1.807, 2.05) is 38.1 Å². The highest BCUT2D eigenvalue weighted by molar-refractivity contribution is 9.10. The van der Waals surface area contributed by atoms with Crippen LogP contribution in [0.25, 0.3) is 11.2 Å². The van der Waals surface area contributed by atoms with Crippen LogP contribution in [-0.4, -0.2) is 24.9 Å². The first kappa shape index (κ1) is 18.1. The van der Waals surface area contributed by atoms with Crippen LogP contribution in [0.5, 0.6) is 0 Å². The van der Waals surface area contributed by atoms with Gasteiger partial charge < -0.3 is 4.57 Å². The number of rotatable bonds is 4. The fourth-order valence-corrected chi connectivity index (χ4v) is 2.97. The van der Waals surface area contributed by atoms with Crippen molar-refractivity contribution in [3.63, 3.8) is 0 Å². The van der Waals surface area contributed by atoms with Crippen LogP contribution in [0.1, 0.15) is 25.5 Å². The highest BCUT2D eigenvalue weighted by Gasteiger charge is 2.20. The lowest BCUT2D eigenvalue weighted by Gasteiger charge is -2.12. The van der Waals surface area contributed by atoms with Crippen molar-refractivity contribution in [1.29, 1.82) is 0 Å². The van der Waals surface area contributed by atoms with Gasteiger partial charge in [0.1, 0.15) is 0 Å². The Balaban J connectivity index is 2.08. The predicted molar refractivity (Wildman–Crippen MR) is 106 cm³/mol. The smallest absolute Gasteiger partial charge is 0.300 e. The molecule has 2 heterocycles. The van der Waals surface area contributed by atoms with Crippen LogP contribution in [0.4, 0.5) is 5.95 Å². The molecular formula is C17H19BrN6O2. The average Bonchev–Trinajstić information content (AvgIpc) is 3.00. The Kier molecular flexibility index (Phi) is 4.82. The summed E-state index contributed by atoms with van der Waals surface area (Å²) in [6.07, 6.45) is 1.66. The van der Waals surface area contributed by atoms with Crippen molar-refractivity contribution in [1.82, 2.24) is 18.7 Å². The van der Waals surface area contributed by atoms with Crippen LogP contribution >= 0.6 is 15.9 Å². The van der Waals surface area contributed by atoms with Crippen LogP contribution in [0.2, 0.25) is 0 Å². The van der Waals surface area contributed by atoms with E-state index in [2.05, 4.69) is 31.4 Å². The quantitative estimate of drug-likeness (QED) is 0.519. The Bertz CT molecular complexity index is 1110. The third-order valence-corrected chi connectivity index (χ3v) is 4.58. The SMILES string of the molecule is CC(C)n1c(N/N=C\c2ccc(Br)cc2)nc2c1c(=O)n(C)c(=O)n2C. The van der Waals surface area contributed by atoms with Gasteiger partial charge in [-0.15, -0.1) is 0 Å². The van der Waals surface area contributed by atoms with Gasteiger partial charge in [0.15, 0.2) is 11.2 Å². The Morgan fingerprint density at radius 1 is 1.15 bits per heavy atom. The molecule has 8 nitrogen and oxygen atoms in total. The molecule has 0 unspecified atom stereocenters. The van der Waals surface area contributed by atoms with E-state index in [1.165, 1.54) is 11.6 Å². The molecule has 0 bridgehead atoms. The second-order valence-electron chi connectivity index (χ2n) is 6.20. The minimum Gasteiger partial charge on any atom is -0.300 e. The highest BCUT2D eigenvalue weighted by Crippen LogP contribution is 2.21. The number of hydrogen-bond acceptors (Lipinski definition) is 5. The summed E-state index contributed by atoms with van der Waals surface area (Å²) in [7, 11) is 3.05. The van der Waals surface area contributed by atoms with E-state index in [0.29, 0.717) is 17.1 Å². The van der Waals surface area contributed by atoms with E-state index >= 15 is 0 Å². The van der Waals surface area contributed by atoms with Gasteiger partial charge in [-0.1, -0.05) is 28.1 Å². The number of aryl methyl sites for hydroxylation is 1. The van der Waals surface area contributed by atoms with Gasteiger partial charge >= 0.3 is 5.69 Å². The fourth-order valence-electron chi connectivity index (χ4n) is 2.71. The zero-order valence-corrected chi connectivity index (χ0v) is 16.5. The average molecular weight is 419 g/mol. The van der Waals surface area contributed by atoms with Crippen molar-refractivity contribution >= 4 is 39.3 Å². The third-order valence-electron chi connectivity index (χ3n) is 4.06. The lowest BCUT2D eigenvalue weighted by molar-refractivity contribution is 0.615. The van der Waals surface area contributed by atoms with Crippen molar-refractivity contribution in [2.24, 2.45) is 19.2 Å². The first-order valence-electron chi connectivity index (χ1n) is 8.04. The van der Waals surface area contributed by atoms with Crippen molar-refractivity contribution < 1.29 is 0 Å². The normalized spacial score (nSPS) is 11.8. The van der Waals surface area contributed by atoms with E-state index in [-0.39, 0.29) is 11.6 Å². The van der Waals surface area contributed by atoms with Gasteiger partial charge in [-0.05, 0) is 31.5 Å². The lowest BCUT2D eigenvalue weighted by Crippen LogP contribution is -2.37. The molecule has 0 aliphatic rings. The van der Waals surface area contributed by atoms with Crippen LogP contribution in [0.15, 0.2) is 43.4 Å². The monoisotopic (exact) mass is 418 g/mol. The second-order valence-corrected chi connectivity index (χ2v) is 7.11. The van der Waals surface area contributed by atoms with Crippen LogP contribution in [0, 0.1) is 0 Å². The molecule has 3 aromatic rings. The largest absolute Gasteiger partial charge is 0.332 e. The van der Waals surface area contributed by atoms with Crippen molar-refractivity contribution in [3.8, 4) is 0 Å². The molecule has 0 saturated carbocycles. The molecule has 1 aromatic carbocycles. The Labute approximate surface area is 157 Å². The number of anilines is 1. The summed E-state index contributed by atoms with van der Waals surface area (Å²) < 4.78 is 5.17. The van der Waals surface area contributed by atoms with Gasteiger partial charge in [0.2, 0.25) is 5.95 Å². The molecule has 2 aromatic heterocycles. The minimum absolute atomic E-state index is 0.0458. The summed E-state index contributed by atoms with van der Waals surface area (Å²) in [5.74, 6) is 0.404. The van der Waals surface area contributed by atoms with Crippen molar-refractivity contribution in [2.75, 3.05) is 5.43 Å². The molecular weight excluding hydrogens is 400 g/mol. The van der Waals surface area contributed by atoms with Gasteiger partial charge in [0.25, 0.3) is 5.56 Å². The molecule has 0 saturated heterocycles. The number of nitrogens with zero attached hydrogens (tertiary/aromatic N) is 5. The van der Waals surface area contributed by atoms with Gasteiger partial charge in [-0.2, -0.15) is 10.1 Å². The van der Waals surface area contributed by atoms with Gasteiger partial charge in [0, 0.05) is 24.6 Å². The van der Waals surface area contributed by atoms with E-state index in [4.69, 9.17) is 0 Å². The van der Waals surface area contributed by atoms with Gasteiger partial charge in [0.05, 0.1) is 6.21 Å². The standard InChI is InChI=1S/C17H19BrN6O2/c1-10(2)24-13-14(22(3)17(26)23(4)15(13)25)20-16(24)21-19-9-11-5-7-12(18)8-6-11/h5-10H,1-4H3,(H,20,21)/b19-9-. The summed E-state index contributed by atoms with van der Waals surface area (Å²) in [6.45, 7) is 3.88. The minimum atomic E-state index is -0.416. The molecule has 0 fully saturated rings. The van der Waals surface area contributed by atoms with Crippen LogP contribution in [0.3, 0.4) is 0 Å².